The number of fused-ring (bicyclic) bond motifs is 1. The lowest BCUT2D eigenvalue weighted by atomic mass is 10.0. The Balaban J connectivity index is 1.73. The average molecular weight is 345 g/mol. The number of carbonyl (C=O) groups excluding carboxylic acids is 1. The fourth-order valence-electron chi connectivity index (χ4n) is 2.90. The number of ether oxygens (including phenoxy) is 1. The van der Waals surface area contributed by atoms with E-state index in [0.717, 1.165) is 17.5 Å². The summed E-state index contributed by atoms with van der Waals surface area (Å²) < 4.78 is 29.2. The predicted octanol–water partition coefficient (Wildman–Crippen LogP) is 2.60. The van der Waals surface area contributed by atoms with Crippen molar-refractivity contribution in [2.75, 3.05) is 18.2 Å². The number of aryl methyl sites for hydroxylation is 1. The molecule has 1 N–H and O–H groups in total. The molecule has 0 aliphatic carbocycles. The van der Waals surface area contributed by atoms with Gasteiger partial charge in [0.15, 0.2) is 9.84 Å². The van der Waals surface area contributed by atoms with Gasteiger partial charge in [-0.2, -0.15) is 0 Å². The van der Waals surface area contributed by atoms with Crippen molar-refractivity contribution >= 4 is 21.4 Å². The van der Waals surface area contributed by atoms with Crippen LogP contribution in [0.15, 0.2) is 47.4 Å². The summed E-state index contributed by atoms with van der Waals surface area (Å²) >= 11 is 0. The molecule has 0 saturated heterocycles. The highest BCUT2D eigenvalue weighted by atomic mass is 32.2. The molecule has 6 heteroatoms. The number of carbonyl (C=O) groups is 1. The minimum Gasteiger partial charge on any atom is -0.497 e. The van der Waals surface area contributed by atoms with Crippen molar-refractivity contribution in [1.29, 1.82) is 0 Å². The number of benzene rings is 2. The smallest absolute Gasteiger partial charge is 0.228 e. The zero-order valence-corrected chi connectivity index (χ0v) is 14.2. The van der Waals surface area contributed by atoms with Gasteiger partial charge in [0.25, 0.3) is 0 Å². The van der Waals surface area contributed by atoms with Crippen molar-refractivity contribution < 1.29 is 17.9 Å². The third-order valence-electron chi connectivity index (χ3n) is 4.04. The van der Waals surface area contributed by atoms with Crippen molar-refractivity contribution in [3.05, 3.63) is 53.6 Å². The first kappa shape index (κ1) is 16.5. The molecular weight excluding hydrogens is 326 g/mol. The predicted molar refractivity (Wildman–Crippen MR) is 92.1 cm³/mol. The highest BCUT2D eigenvalue weighted by Gasteiger charge is 2.23. The summed E-state index contributed by atoms with van der Waals surface area (Å²) in [6, 6.07) is 12.3. The lowest BCUT2D eigenvalue weighted by molar-refractivity contribution is -0.115. The largest absolute Gasteiger partial charge is 0.497 e. The standard InChI is InChI=1S/C18H19NO4S/c1-23-16-6-2-5-15(12-16)19-18(20)11-13-7-8-17-14(10-13)4-3-9-24(17,21)22/h2,5-8,10,12H,3-4,9,11H2,1H3,(H,19,20). The third-order valence-corrected chi connectivity index (χ3v) is 5.93. The summed E-state index contributed by atoms with van der Waals surface area (Å²) in [5.74, 6) is 0.726. The fourth-order valence-corrected chi connectivity index (χ4v) is 4.48. The molecule has 5 nitrogen and oxygen atoms in total. The van der Waals surface area contributed by atoms with Crippen LogP contribution in [-0.2, 0) is 27.5 Å². The first-order chi connectivity index (χ1) is 11.5. The van der Waals surface area contributed by atoms with E-state index < -0.39 is 9.84 Å². The molecule has 0 aromatic heterocycles. The van der Waals surface area contributed by atoms with Crippen LogP contribution in [0.25, 0.3) is 0 Å². The molecule has 3 rings (SSSR count). The van der Waals surface area contributed by atoms with Crippen LogP contribution in [-0.4, -0.2) is 27.2 Å². The molecule has 0 unspecified atom stereocenters. The highest BCUT2D eigenvalue weighted by Crippen LogP contribution is 2.26. The Morgan fingerprint density at radius 2 is 2.04 bits per heavy atom. The molecule has 126 valence electrons. The Bertz CT molecular complexity index is 874. The maximum absolute atomic E-state index is 12.2. The van der Waals surface area contributed by atoms with Crippen molar-refractivity contribution in [1.82, 2.24) is 0 Å². The molecule has 24 heavy (non-hydrogen) atoms. The monoisotopic (exact) mass is 345 g/mol. The van der Waals surface area contributed by atoms with Gasteiger partial charge in [0.05, 0.1) is 24.2 Å². The quantitative estimate of drug-likeness (QED) is 0.924. The van der Waals surface area contributed by atoms with Gasteiger partial charge in [-0.3, -0.25) is 4.79 Å². The van der Waals surface area contributed by atoms with E-state index in [9.17, 15) is 13.2 Å². The average Bonchev–Trinajstić information content (AvgIpc) is 2.54. The number of nitrogens with one attached hydrogen (secondary N) is 1. The van der Waals surface area contributed by atoms with Gasteiger partial charge in [-0.1, -0.05) is 18.2 Å². The number of rotatable bonds is 4. The third kappa shape index (κ3) is 3.59. The molecule has 0 saturated carbocycles. The van der Waals surface area contributed by atoms with Crippen molar-refractivity contribution in [3.8, 4) is 5.75 Å². The van der Waals surface area contributed by atoms with Crippen molar-refractivity contribution in [3.63, 3.8) is 0 Å². The first-order valence-corrected chi connectivity index (χ1v) is 9.41. The molecule has 0 radical (unpaired) electrons. The Morgan fingerprint density at radius 3 is 2.83 bits per heavy atom. The Kier molecular flexibility index (Phi) is 4.57. The summed E-state index contributed by atoms with van der Waals surface area (Å²) in [5.41, 5.74) is 2.29. The van der Waals surface area contributed by atoms with Crippen LogP contribution in [0.3, 0.4) is 0 Å². The number of amides is 1. The molecule has 1 heterocycles. The van der Waals surface area contributed by atoms with Crippen molar-refractivity contribution in [2.45, 2.75) is 24.2 Å². The van der Waals surface area contributed by atoms with Gasteiger partial charge >= 0.3 is 0 Å². The molecule has 2 aromatic rings. The second kappa shape index (κ2) is 6.65. The molecule has 0 fully saturated rings. The van der Waals surface area contributed by atoms with E-state index in [1.165, 1.54) is 0 Å². The Hall–Kier alpha value is -2.34. The molecule has 2 aromatic carbocycles. The topological polar surface area (TPSA) is 72.5 Å². The second-order valence-electron chi connectivity index (χ2n) is 5.82. The molecule has 0 atom stereocenters. The lowest BCUT2D eigenvalue weighted by Crippen LogP contribution is -2.18. The number of methoxy groups -OCH3 is 1. The number of sulfone groups is 1. The van der Waals surface area contributed by atoms with E-state index in [-0.39, 0.29) is 18.1 Å². The van der Waals surface area contributed by atoms with E-state index in [2.05, 4.69) is 5.32 Å². The van der Waals surface area contributed by atoms with E-state index in [0.29, 0.717) is 22.8 Å². The van der Waals surface area contributed by atoms with Crippen LogP contribution in [0.2, 0.25) is 0 Å². The van der Waals surface area contributed by atoms with E-state index >= 15 is 0 Å². The number of anilines is 1. The Morgan fingerprint density at radius 1 is 1.21 bits per heavy atom. The minimum absolute atomic E-state index is 0.151. The summed E-state index contributed by atoms with van der Waals surface area (Å²) in [7, 11) is -1.59. The van der Waals surface area contributed by atoms with E-state index in [1.54, 1.807) is 43.5 Å². The maximum Gasteiger partial charge on any atom is 0.228 e. The van der Waals surface area contributed by atoms with Gasteiger partial charge in [0, 0.05) is 11.8 Å². The van der Waals surface area contributed by atoms with E-state index in [4.69, 9.17) is 4.74 Å². The van der Waals surface area contributed by atoms with Gasteiger partial charge < -0.3 is 10.1 Å². The van der Waals surface area contributed by atoms with Gasteiger partial charge in [-0.05, 0) is 42.2 Å². The zero-order valence-electron chi connectivity index (χ0n) is 13.4. The second-order valence-corrected chi connectivity index (χ2v) is 7.90. The van der Waals surface area contributed by atoms with Crippen LogP contribution >= 0.6 is 0 Å². The Labute approximate surface area is 141 Å². The van der Waals surface area contributed by atoms with Gasteiger partial charge in [0.2, 0.25) is 5.91 Å². The highest BCUT2D eigenvalue weighted by molar-refractivity contribution is 7.91. The summed E-state index contributed by atoms with van der Waals surface area (Å²) in [4.78, 5) is 12.6. The number of hydrogen-bond donors (Lipinski definition) is 1. The van der Waals surface area contributed by atoms with Crippen LogP contribution in [0.5, 0.6) is 5.75 Å². The normalized spacial score (nSPS) is 15.4. The van der Waals surface area contributed by atoms with Crippen LogP contribution in [0, 0.1) is 0 Å². The first-order valence-electron chi connectivity index (χ1n) is 7.76. The molecule has 1 amide bonds. The van der Waals surface area contributed by atoms with Gasteiger partial charge in [-0.25, -0.2) is 8.42 Å². The fraction of sp³-hybridized carbons (Fsp3) is 0.278. The van der Waals surface area contributed by atoms with Gasteiger partial charge in [-0.15, -0.1) is 0 Å². The van der Waals surface area contributed by atoms with E-state index in [1.807, 2.05) is 6.07 Å². The van der Waals surface area contributed by atoms with Crippen LogP contribution < -0.4 is 10.1 Å². The maximum atomic E-state index is 12.2. The van der Waals surface area contributed by atoms with Gasteiger partial charge in [0.1, 0.15) is 5.75 Å². The summed E-state index contributed by atoms with van der Waals surface area (Å²) in [5, 5.41) is 2.82. The van der Waals surface area contributed by atoms with Crippen LogP contribution in [0.4, 0.5) is 5.69 Å². The SMILES string of the molecule is COc1cccc(NC(=O)Cc2ccc3c(c2)CCCS3(=O)=O)c1. The summed E-state index contributed by atoms with van der Waals surface area (Å²) in [6.07, 6.45) is 1.57. The molecule has 0 bridgehead atoms. The molecular formula is C18H19NO4S. The van der Waals surface area contributed by atoms with Crippen molar-refractivity contribution in [2.24, 2.45) is 0 Å². The lowest BCUT2D eigenvalue weighted by Gasteiger charge is -2.17. The minimum atomic E-state index is -3.16. The number of hydrogen-bond acceptors (Lipinski definition) is 4. The molecule has 1 aliphatic heterocycles. The zero-order chi connectivity index (χ0) is 17.2. The molecule has 1 aliphatic rings. The summed E-state index contributed by atoms with van der Waals surface area (Å²) in [6.45, 7) is 0. The van der Waals surface area contributed by atoms with Crippen LogP contribution in [0.1, 0.15) is 17.5 Å². The molecule has 0 spiro atoms.